The average molecular weight is 269 g/mol. The summed E-state index contributed by atoms with van der Waals surface area (Å²) in [6.45, 7) is 3.28. The monoisotopic (exact) mass is 268 g/mol. The molecule has 4 nitrogen and oxygen atoms in total. The minimum atomic E-state index is 0.581. The third kappa shape index (κ3) is 3.25. The van der Waals surface area contributed by atoms with E-state index in [0.29, 0.717) is 11.0 Å². The summed E-state index contributed by atoms with van der Waals surface area (Å²) < 4.78 is 0. The van der Waals surface area contributed by atoms with Gasteiger partial charge in [0.05, 0.1) is 6.20 Å². The lowest BCUT2D eigenvalue weighted by Crippen LogP contribution is -2.24. The molecule has 0 bridgehead atoms. The summed E-state index contributed by atoms with van der Waals surface area (Å²) in [5.41, 5.74) is 0. The zero-order chi connectivity index (χ0) is 13.0. The highest BCUT2D eigenvalue weighted by Crippen LogP contribution is 2.30. The fourth-order valence-electron chi connectivity index (χ4n) is 2.54. The van der Waals surface area contributed by atoms with Crippen molar-refractivity contribution >= 4 is 23.4 Å². The van der Waals surface area contributed by atoms with Gasteiger partial charge in [-0.25, -0.2) is 4.98 Å². The molecule has 0 aliphatic heterocycles. The average Bonchev–Trinajstić information content (AvgIpc) is 2.39. The van der Waals surface area contributed by atoms with Crippen LogP contribution in [0.1, 0.15) is 32.6 Å². The van der Waals surface area contributed by atoms with Crippen LogP contribution in [-0.4, -0.2) is 23.6 Å². The van der Waals surface area contributed by atoms with E-state index in [0.717, 1.165) is 24.2 Å². The number of aromatic nitrogens is 2. The maximum atomic E-state index is 6.09. The summed E-state index contributed by atoms with van der Waals surface area (Å²) in [7, 11) is 1.80. The van der Waals surface area contributed by atoms with E-state index in [1.165, 1.54) is 25.7 Å². The van der Waals surface area contributed by atoms with E-state index in [1.807, 2.05) is 0 Å². The third-order valence-corrected chi connectivity index (χ3v) is 4.07. The van der Waals surface area contributed by atoms with E-state index < -0.39 is 0 Å². The molecular formula is C13H21ClN4. The Labute approximate surface area is 114 Å². The van der Waals surface area contributed by atoms with Crippen molar-refractivity contribution in [2.75, 3.05) is 24.2 Å². The SMILES string of the molecule is CNc1ncc(Cl)c(NCC2CCCCC2C)n1. The van der Waals surface area contributed by atoms with Gasteiger partial charge in [-0.1, -0.05) is 37.8 Å². The Kier molecular flexibility index (Phi) is 4.64. The maximum Gasteiger partial charge on any atom is 0.224 e. The second-order valence-corrected chi connectivity index (χ2v) is 5.45. The lowest BCUT2D eigenvalue weighted by Gasteiger charge is -2.29. The molecule has 2 atom stereocenters. The zero-order valence-corrected chi connectivity index (χ0v) is 11.8. The number of nitrogens with one attached hydrogen (secondary N) is 2. The molecule has 5 heteroatoms. The Hall–Kier alpha value is -1.03. The molecule has 1 aromatic heterocycles. The topological polar surface area (TPSA) is 49.8 Å². The van der Waals surface area contributed by atoms with Gasteiger partial charge < -0.3 is 10.6 Å². The van der Waals surface area contributed by atoms with Gasteiger partial charge in [0.25, 0.3) is 0 Å². The first-order valence-corrected chi connectivity index (χ1v) is 7.02. The lowest BCUT2D eigenvalue weighted by molar-refractivity contribution is 0.268. The number of nitrogens with zero attached hydrogens (tertiary/aromatic N) is 2. The van der Waals surface area contributed by atoms with Crippen molar-refractivity contribution in [2.45, 2.75) is 32.6 Å². The van der Waals surface area contributed by atoms with Gasteiger partial charge in [-0.15, -0.1) is 0 Å². The third-order valence-electron chi connectivity index (χ3n) is 3.79. The van der Waals surface area contributed by atoms with Crippen molar-refractivity contribution < 1.29 is 0 Å². The van der Waals surface area contributed by atoms with Crippen LogP contribution in [0.15, 0.2) is 6.20 Å². The highest BCUT2D eigenvalue weighted by Gasteiger charge is 2.21. The van der Waals surface area contributed by atoms with Crippen LogP contribution in [0.4, 0.5) is 11.8 Å². The van der Waals surface area contributed by atoms with Crippen molar-refractivity contribution in [3.63, 3.8) is 0 Å². The molecular weight excluding hydrogens is 248 g/mol. The van der Waals surface area contributed by atoms with Gasteiger partial charge in [0.2, 0.25) is 5.95 Å². The quantitative estimate of drug-likeness (QED) is 0.879. The maximum absolute atomic E-state index is 6.09. The Balaban J connectivity index is 1.96. The van der Waals surface area contributed by atoms with Crippen LogP contribution >= 0.6 is 11.6 Å². The molecule has 18 heavy (non-hydrogen) atoms. The molecule has 0 saturated heterocycles. The second-order valence-electron chi connectivity index (χ2n) is 5.04. The number of halogens is 1. The molecule has 2 N–H and O–H groups in total. The van der Waals surface area contributed by atoms with Gasteiger partial charge in [0.15, 0.2) is 0 Å². The Morgan fingerprint density at radius 3 is 2.89 bits per heavy atom. The predicted molar refractivity (Wildman–Crippen MR) is 76.2 cm³/mol. The molecule has 0 aromatic carbocycles. The number of hydrogen-bond donors (Lipinski definition) is 2. The van der Waals surface area contributed by atoms with E-state index in [-0.39, 0.29) is 0 Å². The van der Waals surface area contributed by atoms with Crippen molar-refractivity contribution in [3.8, 4) is 0 Å². The molecule has 0 amide bonds. The smallest absolute Gasteiger partial charge is 0.224 e. The van der Waals surface area contributed by atoms with Crippen molar-refractivity contribution in [2.24, 2.45) is 11.8 Å². The molecule has 1 heterocycles. The van der Waals surface area contributed by atoms with E-state index in [9.17, 15) is 0 Å². The first kappa shape index (κ1) is 13.4. The van der Waals surface area contributed by atoms with Crippen LogP contribution in [0.3, 0.4) is 0 Å². The molecule has 1 fully saturated rings. The molecule has 2 unspecified atom stereocenters. The molecule has 0 radical (unpaired) electrons. The van der Waals surface area contributed by atoms with E-state index >= 15 is 0 Å². The van der Waals surface area contributed by atoms with Gasteiger partial charge in [-0.05, 0) is 18.3 Å². The fourth-order valence-corrected chi connectivity index (χ4v) is 2.69. The summed E-state index contributed by atoms with van der Waals surface area (Å²) in [4.78, 5) is 8.41. The summed E-state index contributed by atoms with van der Waals surface area (Å²) in [5.74, 6) is 2.84. The van der Waals surface area contributed by atoms with Crippen LogP contribution < -0.4 is 10.6 Å². The van der Waals surface area contributed by atoms with Gasteiger partial charge >= 0.3 is 0 Å². The summed E-state index contributed by atoms with van der Waals surface area (Å²) in [6.07, 6.45) is 6.99. The van der Waals surface area contributed by atoms with E-state index in [1.54, 1.807) is 13.2 Å². The summed E-state index contributed by atoms with van der Waals surface area (Å²) in [5, 5.41) is 6.87. The normalized spacial score (nSPS) is 23.7. The molecule has 1 aliphatic carbocycles. The molecule has 1 saturated carbocycles. The van der Waals surface area contributed by atoms with Crippen LogP contribution in [0.5, 0.6) is 0 Å². The lowest BCUT2D eigenvalue weighted by atomic mass is 9.80. The zero-order valence-electron chi connectivity index (χ0n) is 11.0. The van der Waals surface area contributed by atoms with E-state index in [4.69, 9.17) is 11.6 Å². The van der Waals surface area contributed by atoms with Crippen LogP contribution in [0, 0.1) is 11.8 Å². The highest BCUT2D eigenvalue weighted by atomic mass is 35.5. The van der Waals surface area contributed by atoms with Crippen molar-refractivity contribution in [1.29, 1.82) is 0 Å². The largest absolute Gasteiger partial charge is 0.368 e. The summed E-state index contributed by atoms with van der Waals surface area (Å²) in [6, 6.07) is 0. The summed E-state index contributed by atoms with van der Waals surface area (Å²) >= 11 is 6.09. The van der Waals surface area contributed by atoms with Crippen LogP contribution in [0.2, 0.25) is 5.02 Å². The van der Waals surface area contributed by atoms with Crippen molar-refractivity contribution in [1.82, 2.24) is 9.97 Å². The van der Waals surface area contributed by atoms with Crippen molar-refractivity contribution in [3.05, 3.63) is 11.2 Å². The first-order chi connectivity index (χ1) is 8.70. The molecule has 1 aromatic rings. The second kappa shape index (κ2) is 6.23. The van der Waals surface area contributed by atoms with Gasteiger partial charge in [0, 0.05) is 13.6 Å². The Bertz CT molecular complexity index is 397. The minimum absolute atomic E-state index is 0.581. The first-order valence-electron chi connectivity index (χ1n) is 6.65. The standard InChI is InChI=1S/C13H21ClN4/c1-9-5-3-4-6-10(9)7-16-12-11(14)8-17-13(15-2)18-12/h8-10H,3-7H2,1-2H3,(H2,15,16,17,18). The number of anilines is 2. The molecule has 1 aliphatic rings. The van der Waals surface area contributed by atoms with Gasteiger partial charge in [0.1, 0.15) is 10.8 Å². The number of hydrogen-bond acceptors (Lipinski definition) is 4. The Morgan fingerprint density at radius 2 is 2.17 bits per heavy atom. The molecule has 2 rings (SSSR count). The Morgan fingerprint density at radius 1 is 1.39 bits per heavy atom. The molecule has 100 valence electrons. The number of rotatable bonds is 4. The minimum Gasteiger partial charge on any atom is -0.368 e. The van der Waals surface area contributed by atoms with E-state index in [2.05, 4.69) is 27.5 Å². The van der Waals surface area contributed by atoms with Gasteiger partial charge in [-0.2, -0.15) is 4.98 Å². The predicted octanol–water partition coefficient (Wildman–Crippen LogP) is 3.41. The van der Waals surface area contributed by atoms with Crippen LogP contribution in [0.25, 0.3) is 0 Å². The van der Waals surface area contributed by atoms with Crippen LogP contribution in [-0.2, 0) is 0 Å². The fraction of sp³-hybridized carbons (Fsp3) is 0.692. The molecule has 0 spiro atoms. The van der Waals surface area contributed by atoms with Gasteiger partial charge in [-0.3, -0.25) is 0 Å². The highest BCUT2D eigenvalue weighted by molar-refractivity contribution is 6.32.